The number of rotatable bonds is 11. The first-order valence-electron chi connectivity index (χ1n) is 7.96. The van der Waals surface area contributed by atoms with Crippen molar-refractivity contribution in [2.45, 2.75) is 59.8 Å². The Hall–Kier alpha value is -0.810. The maximum Gasteiger partial charge on any atom is 0.314 e. The summed E-state index contributed by atoms with van der Waals surface area (Å²) in [5.74, 6) is 0. The largest absolute Gasteiger partial charge is 0.396 e. The molecule has 0 aromatic rings. The number of hydrogen-bond acceptors (Lipinski definition) is 3. The van der Waals surface area contributed by atoms with E-state index >= 15 is 0 Å². The Labute approximate surface area is 129 Å². The molecule has 0 bridgehead atoms. The highest BCUT2D eigenvalue weighted by Gasteiger charge is 2.16. The summed E-state index contributed by atoms with van der Waals surface area (Å²) >= 11 is 0. The monoisotopic (exact) mass is 302 g/mol. The first-order chi connectivity index (χ1) is 9.72. The summed E-state index contributed by atoms with van der Waals surface area (Å²) in [6.45, 7) is 9.78. The maximum absolute atomic E-state index is 11.5. The molecule has 0 aliphatic heterocycles. The molecular formula is C16H34N2O3. The fraction of sp³-hybridized carbons (Fsp3) is 0.938. The lowest BCUT2D eigenvalue weighted by molar-refractivity contribution is 0.147. The SMILES string of the molecule is CC(C)(CO)CCCCNC(=O)NCCCC(C)(C)CO. The van der Waals surface area contributed by atoms with Crippen molar-refractivity contribution in [3.05, 3.63) is 0 Å². The van der Waals surface area contributed by atoms with Crippen LogP contribution in [0.2, 0.25) is 0 Å². The Kier molecular flexibility index (Phi) is 9.62. The molecule has 0 unspecified atom stereocenters. The van der Waals surface area contributed by atoms with E-state index < -0.39 is 0 Å². The van der Waals surface area contributed by atoms with E-state index in [4.69, 9.17) is 10.2 Å². The van der Waals surface area contributed by atoms with Crippen LogP contribution in [-0.2, 0) is 0 Å². The third kappa shape index (κ3) is 11.5. The van der Waals surface area contributed by atoms with Gasteiger partial charge in [0.2, 0.25) is 0 Å². The first kappa shape index (κ1) is 20.2. The van der Waals surface area contributed by atoms with Crippen LogP contribution in [0.1, 0.15) is 59.8 Å². The van der Waals surface area contributed by atoms with E-state index in [9.17, 15) is 4.79 Å². The van der Waals surface area contributed by atoms with E-state index in [0.29, 0.717) is 13.1 Å². The summed E-state index contributed by atoms with van der Waals surface area (Å²) in [5.41, 5.74) is -0.0978. The molecule has 4 N–H and O–H groups in total. The fourth-order valence-corrected chi connectivity index (χ4v) is 1.92. The molecule has 0 spiro atoms. The predicted octanol–water partition coefficient (Wildman–Crippen LogP) is 2.27. The van der Waals surface area contributed by atoms with Gasteiger partial charge in [-0.2, -0.15) is 0 Å². The number of amides is 2. The van der Waals surface area contributed by atoms with Crippen molar-refractivity contribution in [2.75, 3.05) is 26.3 Å². The number of carbonyl (C=O) groups excluding carboxylic acids is 1. The molecule has 0 aliphatic carbocycles. The summed E-state index contributed by atoms with van der Waals surface area (Å²) in [6.07, 6.45) is 4.64. The molecule has 0 atom stereocenters. The van der Waals surface area contributed by atoms with Crippen molar-refractivity contribution >= 4 is 6.03 Å². The van der Waals surface area contributed by atoms with Gasteiger partial charge in [-0.1, -0.05) is 34.1 Å². The normalized spacial score (nSPS) is 12.3. The van der Waals surface area contributed by atoms with Crippen LogP contribution < -0.4 is 10.6 Å². The van der Waals surface area contributed by atoms with Gasteiger partial charge in [0.1, 0.15) is 0 Å². The number of unbranched alkanes of at least 4 members (excludes halogenated alkanes) is 1. The van der Waals surface area contributed by atoms with Crippen LogP contribution in [0, 0.1) is 10.8 Å². The van der Waals surface area contributed by atoms with E-state index in [1.54, 1.807) is 0 Å². The third-order valence-corrected chi connectivity index (χ3v) is 3.74. The van der Waals surface area contributed by atoms with Gasteiger partial charge in [-0.3, -0.25) is 0 Å². The van der Waals surface area contributed by atoms with Crippen LogP contribution in [0.4, 0.5) is 4.79 Å². The standard InChI is InChI=1S/C16H34N2O3/c1-15(2,12-19)8-5-6-10-17-14(21)18-11-7-9-16(3,4)13-20/h19-20H,5-13H2,1-4H3,(H2,17,18,21). The van der Waals surface area contributed by atoms with Gasteiger partial charge in [0.05, 0.1) is 0 Å². The van der Waals surface area contributed by atoms with Crippen LogP contribution >= 0.6 is 0 Å². The molecule has 0 aromatic heterocycles. The minimum absolute atomic E-state index is 0.0260. The van der Waals surface area contributed by atoms with Crippen molar-refractivity contribution in [1.82, 2.24) is 10.6 Å². The number of aliphatic hydroxyl groups excluding tert-OH is 2. The average molecular weight is 302 g/mol. The topological polar surface area (TPSA) is 81.6 Å². The Morgan fingerprint density at radius 3 is 1.71 bits per heavy atom. The van der Waals surface area contributed by atoms with Gasteiger partial charge < -0.3 is 20.8 Å². The molecular weight excluding hydrogens is 268 g/mol. The van der Waals surface area contributed by atoms with Crippen LogP contribution in [0.3, 0.4) is 0 Å². The zero-order valence-electron chi connectivity index (χ0n) is 14.2. The van der Waals surface area contributed by atoms with Gasteiger partial charge in [0, 0.05) is 26.3 Å². The van der Waals surface area contributed by atoms with Crippen molar-refractivity contribution in [2.24, 2.45) is 10.8 Å². The van der Waals surface area contributed by atoms with Gasteiger partial charge >= 0.3 is 6.03 Å². The van der Waals surface area contributed by atoms with E-state index in [2.05, 4.69) is 10.6 Å². The molecule has 5 nitrogen and oxygen atoms in total. The van der Waals surface area contributed by atoms with Crippen molar-refractivity contribution in [3.8, 4) is 0 Å². The Bertz CT molecular complexity index is 291. The molecule has 5 heteroatoms. The molecule has 0 rings (SSSR count). The zero-order chi connectivity index (χ0) is 16.4. The van der Waals surface area contributed by atoms with Crippen LogP contribution in [-0.4, -0.2) is 42.5 Å². The number of carbonyl (C=O) groups is 1. The number of nitrogens with one attached hydrogen (secondary N) is 2. The molecule has 0 saturated heterocycles. The van der Waals surface area contributed by atoms with Gasteiger partial charge in [-0.05, 0) is 36.5 Å². The third-order valence-electron chi connectivity index (χ3n) is 3.74. The molecule has 126 valence electrons. The first-order valence-corrected chi connectivity index (χ1v) is 7.96. The summed E-state index contributed by atoms with van der Waals surface area (Å²) in [4.78, 5) is 11.5. The average Bonchev–Trinajstić information content (AvgIpc) is 2.43. The summed E-state index contributed by atoms with van der Waals surface area (Å²) < 4.78 is 0. The summed E-state index contributed by atoms with van der Waals surface area (Å²) in [6, 6.07) is -0.127. The van der Waals surface area contributed by atoms with Crippen molar-refractivity contribution < 1.29 is 15.0 Å². The van der Waals surface area contributed by atoms with E-state index in [0.717, 1.165) is 32.1 Å². The quantitative estimate of drug-likeness (QED) is 0.442. The molecule has 0 heterocycles. The molecule has 0 fully saturated rings. The van der Waals surface area contributed by atoms with E-state index in [1.165, 1.54) is 0 Å². The second kappa shape index (κ2) is 10.0. The van der Waals surface area contributed by atoms with Gasteiger partial charge in [-0.15, -0.1) is 0 Å². The van der Waals surface area contributed by atoms with Crippen molar-refractivity contribution in [3.63, 3.8) is 0 Å². The molecule has 0 saturated carbocycles. The van der Waals surface area contributed by atoms with Crippen LogP contribution in [0.5, 0.6) is 0 Å². The highest BCUT2D eigenvalue weighted by atomic mass is 16.3. The lowest BCUT2D eigenvalue weighted by Gasteiger charge is -2.21. The van der Waals surface area contributed by atoms with Gasteiger partial charge in [0.25, 0.3) is 0 Å². The molecule has 2 amide bonds. The second-order valence-electron chi connectivity index (χ2n) is 7.39. The van der Waals surface area contributed by atoms with E-state index in [-0.39, 0.29) is 30.1 Å². The highest BCUT2D eigenvalue weighted by molar-refractivity contribution is 5.73. The fourth-order valence-electron chi connectivity index (χ4n) is 1.92. The second-order valence-corrected chi connectivity index (χ2v) is 7.39. The number of hydrogen-bond donors (Lipinski definition) is 4. The Morgan fingerprint density at radius 1 is 0.810 bits per heavy atom. The highest BCUT2D eigenvalue weighted by Crippen LogP contribution is 2.21. The summed E-state index contributed by atoms with van der Waals surface area (Å²) in [5, 5.41) is 23.9. The molecule has 0 aromatic carbocycles. The minimum atomic E-state index is -0.127. The lowest BCUT2D eigenvalue weighted by atomic mass is 9.88. The summed E-state index contributed by atoms with van der Waals surface area (Å²) in [7, 11) is 0. The predicted molar refractivity (Wildman–Crippen MR) is 86.2 cm³/mol. The zero-order valence-corrected chi connectivity index (χ0v) is 14.2. The van der Waals surface area contributed by atoms with Crippen LogP contribution in [0.25, 0.3) is 0 Å². The minimum Gasteiger partial charge on any atom is -0.396 e. The van der Waals surface area contributed by atoms with Gasteiger partial charge in [-0.25, -0.2) is 4.79 Å². The van der Waals surface area contributed by atoms with Gasteiger partial charge in [0.15, 0.2) is 0 Å². The van der Waals surface area contributed by atoms with Crippen molar-refractivity contribution in [1.29, 1.82) is 0 Å². The maximum atomic E-state index is 11.5. The smallest absolute Gasteiger partial charge is 0.314 e. The Balaban J connectivity index is 3.51. The number of urea groups is 1. The number of aliphatic hydroxyl groups is 2. The molecule has 0 radical (unpaired) electrons. The van der Waals surface area contributed by atoms with Crippen LogP contribution in [0.15, 0.2) is 0 Å². The Morgan fingerprint density at radius 2 is 1.24 bits per heavy atom. The molecule has 0 aliphatic rings. The molecule has 21 heavy (non-hydrogen) atoms. The van der Waals surface area contributed by atoms with E-state index in [1.807, 2.05) is 27.7 Å². The lowest BCUT2D eigenvalue weighted by Crippen LogP contribution is -2.37.